The van der Waals surface area contributed by atoms with E-state index in [1.54, 1.807) is 12.1 Å². The lowest BCUT2D eigenvalue weighted by atomic mass is 10.0. The number of rotatable bonds is 7. The molecule has 1 aromatic heterocycles. The molecule has 1 aliphatic heterocycles. The summed E-state index contributed by atoms with van der Waals surface area (Å²) in [5.41, 5.74) is 3.33. The Kier molecular flexibility index (Phi) is 6.87. The first-order valence-electron chi connectivity index (χ1n) is 12.3. The highest BCUT2D eigenvalue weighted by atomic mass is 19.1. The molecule has 0 amide bonds. The van der Waals surface area contributed by atoms with Crippen molar-refractivity contribution < 1.29 is 4.39 Å². The van der Waals surface area contributed by atoms with Crippen molar-refractivity contribution in [2.24, 2.45) is 0 Å². The molecule has 180 valence electrons. The van der Waals surface area contributed by atoms with Crippen molar-refractivity contribution in [1.29, 1.82) is 0 Å². The van der Waals surface area contributed by atoms with E-state index in [9.17, 15) is 4.39 Å². The maximum absolute atomic E-state index is 13.4. The van der Waals surface area contributed by atoms with Gasteiger partial charge in [-0.2, -0.15) is 0 Å². The van der Waals surface area contributed by atoms with Gasteiger partial charge in [-0.25, -0.2) is 9.07 Å². The van der Waals surface area contributed by atoms with E-state index in [1.165, 1.54) is 49.1 Å². The van der Waals surface area contributed by atoms with Gasteiger partial charge >= 0.3 is 0 Å². The van der Waals surface area contributed by atoms with Crippen molar-refractivity contribution in [3.63, 3.8) is 0 Å². The van der Waals surface area contributed by atoms with Gasteiger partial charge in [0.15, 0.2) is 5.82 Å². The number of piperazine rings is 1. The van der Waals surface area contributed by atoms with Crippen LogP contribution in [0.1, 0.15) is 48.7 Å². The number of halogens is 1. The number of aromatic nitrogens is 4. The monoisotopic (exact) mass is 463 g/mol. The highest BCUT2D eigenvalue weighted by molar-refractivity contribution is 5.47. The van der Waals surface area contributed by atoms with Crippen LogP contribution in [-0.4, -0.2) is 76.3 Å². The highest BCUT2D eigenvalue weighted by Gasteiger charge is 2.33. The molecule has 0 N–H and O–H groups in total. The second-order valence-electron chi connectivity index (χ2n) is 9.72. The molecule has 3 aromatic rings. The van der Waals surface area contributed by atoms with Crippen LogP contribution in [0.25, 0.3) is 0 Å². The number of anilines is 1. The van der Waals surface area contributed by atoms with Gasteiger partial charge in [0.25, 0.3) is 0 Å². The molecule has 1 saturated carbocycles. The zero-order chi connectivity index (χ0) is 23.5. The van der Waals surface area contributed by atoms with Crippen molar-refractivity contribution in [3.05, 3.63) is 71.3 Å². The van der Waals surface area contributed by atoms with Gasteiger partial charge in [-0.15, -0.1) is 5.10 Å². The molecule has 0 bridgehead atoms. The zero-order valence-electron chi connectivity index (χ0n) is 20.1. The Morgan fingerprint density at radius 1 is 0.941 bits per heavy atom. The summed E-state index contributed by atoms with van der Waals surface area (Å²) in [6.45, 7) is 4.64. The lowest BCUT2D eigenvalue weighted by Gasteiger charge is -2.41. The lowest BCUT2D eigenvalue weighted by molar-refractivity contribution is 0.0771. The van der Waals surface area contributed by atoms with E-state index in [4.69, 9.17) is 0 Å². The van der Waals surface area contributed by atoms with Crippen LogP contribution >= 0.6 is 0 Å². The van der Waals surface area contributed by atoms with Gasteiger partial charge in [-0.3, -0.25) is 9.80 Å². The SMILES string of the molecule is CN(C)c1ccc([C@@H](c2nnnn2Cc2ccc(F)cc2)N2CCN(C3CCCC3)CC2)cc1. The molecule has 0 spiro atoms. The second-order valence-corrected chi connectivity index (χ2v) is 9.72. The molecule has 1 atom stereocenters. The number of benzene rings is 2. The number of hydrogen-bond acceptors (Lipinski definition) is 6. The van der Waals surface area contributed by atoms with Crippen molar-refractivity contribution in [2.45, 2.75) is 44.3 Å². The zero-order valence-corrected chi connectivity index (χ0v) is 20.1. The molecule has 7 nitrogen and oxygen atoms in total. The Balaban J connectivity index is 1.42. The van der Waals surface area contributed by atoms with Crippen molar-refractivity contribution >= 4 is 5.69 Å². The Hall–Kier alpha value is -2.84. The van der Waals surface area contributed by atoms with E-state index in [0.29, 0.717) is 6.54 Å². The Morgan fingerprint density at radius 2 is 1.62 bits per heavy atom. The van der Waals surface area contributed by atoms with Crippen LogP contribution in [0.2, 0.25) is 0 Å². The first kappa shape index (κ1) is 22.9. The molecule has 2 heterocycles. The molecule has 2 fully saturated rings. The average Bonchev–Trinajstić information content (AvgIpc) is 3.55. The van der Waals surface area contributed by atoms with Gasteiger partial charge in [-0.1, -0.05) is 37.1 Å². The summed E-state index contributed by atoms with van der Waals surface area (Å²) in [5.74, 6) is 0.593. The minimum atomic E-state index is -0.236. The third-order valence-electron chi connectivity index (χ3n) is 7.33. The Bertz CT molecular complexity index is 1050. The standard InChI is InChI=1S/C26H34FN7/c1-31(2)23-13-9-21(10-14-23)25(33-17-15-32(16-18-33)24-5-3-4-6-24)26-28-29-30-34(26)19-20-7-11-22(27)12-8-20/h7-14,24-25H,3-6,15-19H2,1-2H3/t25-/m0/s1. The molecule has 2 aliphatic rings. The molecule has 0 radical (unpaired) electrons. The summed E-state index contributed by atoms with van der Waals surface area (Å²) < 4.78 is 15.3. The van der Waals surface area contributed by atoms with Gasteiger partial charge < -0.3 is 4.90 Å². The van der Waals surface area contributed by atoms with E-state index < -0.39 is 0 Å². The summed E-state index contributed by atoms with van der Waals surface area (Å²) in [5, 5.41) is 12.9. The summed E-state index contributed by atoms with van der Waals surface area (Å²) in [7, 11) is 4.11. The Morgan fingerprint density at radius 3 is 2.26 bits per heavy atom. The van der Waals surface area contributed by atoms with E-state index in [2.05, 4.69) is 68.6 Å². The van der Waals surface area contributed by atoms with Crippen molar-refractivity contribution in [3.8, 4) is 0 Å². The van der Waals surface area contributed by atoms with Crippen molar-refractivity contribution in [1.82, 2.24) is 30.0 Å². The quantitative estimate of drug-likeness (QED) is 0.534. The van der Waals surface area contributed by atoms with Gasteiger partial charge in [0.05, 0.1) is 12.6 Å². The molecule has 0 unspecified atom stereocenters. The van der Waals surface area contributed by atoms with Crippen LogP contribution in [0.15, 0.2) is 48.5 Å². The Labute approximate surface area is 201 Å². The normalized spacial score (nSPS) is 18.9. The van der Waals surface area contributed by atoms with Crippen LogP contribution in [-0.2, 0) is 6.54 Å². The number of nitrogens with zero attached hydrogens (tertiary/aromatic N) is 7. The topological polar surface area (TPSA) is 53.3 Å². The summed E-state index contributed by atoms with van der Waals surface area (Å²) in [4.78, 5) is 7.30. The van der Waals surface area contributed by atoms with Crippen LogP contribution in [0.5, 0.6) is 0 Å². The molecule has 2 aromatic carbocycles. The van der Waals surface area contributed by atoms with E-state index in [1.807, 2.05) is 4.68 Å². The third kappa shape index (κ3) is 4.98. The largest absolute Gasteiger partial charge is 0.378 e. The smallest absolute Gasteiger partial charge is 0.173 e. The fraction of sp³-hybridized carbons (Fsp3) is 0.500. The fourth-order valence-electron chi connectivity index (χ4n) is 5.39. The minimum Gasteiger partial charge on any atom is -0.378 e. The predicted molar refractivity (Wildman–Crippen MR) is 131 cm³/mol. The molecule has 34 heavy (non-hydrogen) atoms. The minimum absolute atomic E-state index is 0.0302. The van der Waals surface area contributed by atoms with E-state index >= 15 is 0 Å². The molecule has 5 rings (SSSR count). The molecule has 1 saturated heterocycles. The van der Waals surface area contributed by atoms with Gasteiger partial charge in [0.2, 0.25) is 0 Å². The predicted octanol–water partition coefficient (Wildman–Crippen LogP) is 3.58. The van der Waals surface area contributed by atoms with Crippen LogP contribution in [0.3, 0.4) is 0 Å². The maximum atomic E-state index is 13.4. The first-order chi connectivity index (χ1) is 16.6. The van der Waals surface area contributed by atoms with Crippen LogP contribution in [0.4, 0.5) is 10.1 Å². The van der Waals surface area contributed by atoms with Crippen molar-refractivity contribution in [2.75, 3.05) is 45.2 Å². The maximum Gasteiger partial charge on any atom is 0.173 e. The van der Waals surface area contributed by atoms with Gasteiger partial charge in [0, 0.05) is 52.0 Å². The number of hydrogen-bond donors (Lipinski definition) is 0. The van der Waals surface area contributed by atoms with Crippen LogP contribution < -0.4 is 4.90 Å². The average molecular weight is 464 g/mol. The van der Waals surface area contributed by atoms with E-state index in [-0.39, 0.29) is 11.9 Å². The molecule has 8 heteroatoms. The molecular weight excluding hydrogens is 429 g/mol. The van der Waals surface area contributed by atoms with Crippen LogP contribution in [0, 0.1) is 5.82 Å². The van der Waals surface area contributed by atoms with E-state index in [0.717, 1.165) is 43.6 Å². The van der Waals surface area contributed by atoms with Gasteiger partial charge in [0.1, 0.15) is 5.82 Å². The third-order valence-corrected chi connectivity index (χ3v) is 7.33. The summed E-state index contributed by atoms with van der Waals surface area (Å²) in [6.07, 6.45) is 5.41. The summed E-state index contributed by atoms with van der Waals surface area (Å²) in [6, 6.07) is 16.0. The molecule has 1 aliphatic carbocycles. The summed E-state index contributed by atoms with van der Waals surface area (Å²) >= 11 is 0. The number of tetrazole rings is 1. The molecular formula is C26H34FN7. The van der Waals surface area contributed by atoms with Gasteiger partial charge in [-0.05, 0) is 58.7 Å². The first-order valence-corrected chi connectivity index (χ1v) is 12.3. The lowest BCUT2D eigenvalue weighted by Crippen LogP contribution is -2.51. The second kappa shape index (κ2) is 10.2. The highest BCUT2D eigenvalue weighted by Crippen LogP contribution is 2.31. The fourth-order valence-corrected chi connectivity index (χ4v) is 5.39.